The summed E-state index contributed by atoms with van der Waals surface area (Å²) in [7, 11) is 0. The zero-order valence-corrected chi connectivity index (χ0v) is 11.2. The quantitative estimate of drug-likeness (QED) is 0.648. The fraction of sp³-hybridized carbons (Fsp3) is 0.917. The van der Waals surface area contributed by atoms with Gasteiger partial charge in [0.25, 0.3) is 0 Å². The molecule has 0 aromatic heterocycles. The van der Waals surface area contributed by atoms with Crippen LogP contribution in [0.4, 0.5) is 0 Å². The summed E-state index contributed by atoms with van der Waals surface area (Å²) in [5, 5.41) is 3.06. The maximum atomic E-state index is 11.3. The average Bonchev–Trinajstić information content (AvgIpc) is 2.11. The Morgan fingerprint density at radius 3 is 2.25 bits per heavy atom. The van der Waals surface area contributed by atoms with Crippen molar-refractivity contribution in [3.05, 3.63) is 0 Å². The van der Waals surface area contributed by atoms with Gasteiger partial charge in [-0.05, 0) is 25.3 Å². The van der Waals surface area contributed by atoms with E-state index < -0.39 is 5.54 Å². The zero-order valence-electron chi connectivity index (χ0n) is 11.2. The Kier molecular flexibility index (Phi) is 5.97. The number of nitrogens with one attached hydrogen (secondary N) is 1. The van der Waals surface area contributed by atoms with Gasteiger partial charge in [-0.1, -0.05) is 27.7 Å². The summed E-state index contributed by atoms with van der Waals surface area (Å²) in [6.45, 7) is 11.9. The van der Waals surface area contributed by atoms with Gasteiger partial charge < -0.3 is 15.8 Å². The van der Waals surface area contributed by atoms with E-state index in [1.807, 2.05) is 6.92 Å². The lowest BCUT2D eigenvalue weighted by atomic mass is 9.93. The first-order chi connectivity index (χ1) is 7.21. The standard InChI is InChI=1S/C12H26N2O2/c1-6-14-12(5,10(13)15)9-16-8-7-11(2,3)4/h14H,6-9H2,1-5H3,(H2,13,15). The molecule has 0 heterocycles. The highest BCUT2D eigenvalue weighted by Gasteiger charge is 2.30. The number of nitrogens with two attached hydrogens (primary N) is 1. The molecule has 3 N–H and O–H groups in total. The molecule has 4 nitrogen and oxygen atoms in total. The molecule has 16 heavy (non-hydrogen) atoms. The van der Waals surface area contributed by atoms with E-state index in [9.17, 15) is 4.79 Å². The summed E-state index contributed by atoms with van der Waals surface area (Å²) in [5.41, 5.74) is 4.84. The lowest BCUT2D eigenvalue weighted by molar-refractivity contribution is -0.126. The molecular formula is C12H26N2O2. The maximum absolute atomic E-state index is 11.3. The molecule has 1 atom stereocenters. The van der Waals surface area contributed by atoms with Gasteiger partial charge in [0.1, 0.15) is 5.54 Å². The number of amides is 1. The van der Waals surface area contributed by atoms with Crippen LogP contribution in [0, 0.1) is 5.41 Å². The largest absolute Gasteiger partial charge is 0.379 e. The number of carbonyl (C=O) groups excluding carboxylic acids is 1. The van der Waals surface area contributed by atoms with Crippen molar-refractivity contribution in [2.75, 3.05) is 19.8 Å². The topological polar surface area (TPSA) is 64.3 Å². The van der Waals surface area contributed by atoms with Crippen LogP contribution in [0.15, 0.2) is 0 Å². The van der Waals surface area contributed by atoms with Crippen molar-refractivity contribution in [1.82, 2.24) is 5.32 Å². The monoisotopic (exact) mass is 230 g/mol. The number of primary amides is 1. The summed E-state index contributed by atoms with van der Waals surface area (Å²) < 4.78 is 5.53. The van der Waals surface area contributed by atoms with Crippen LogP contribution in [0.5, 0.6) is 0 Å². The van der Waals surface area contributed by atoms with Gasteiger partial charge in [-0.25, -0.2) is 0 Å². The molecule has 0 saturated heterocycles. The van der Waals surface area contributed by atoms with Crippen LogP contribution in [-0.2, 0) is 9.53 Å². The van der Waals surface area contributed by atoms with Crippen LogP contribution in [0.3, 0.4) is 0 Å². The van der Waals surface area contributed by atoms with Gasteiger partial charge in [0.2, 0.25) is 5.91 Å². The van der Waals surface area contributed by atoms with Gasteiger partial charge in [-0.2, -0.15) is 0 Å². The smallest absolute Gasteiger partial charge is 0.239 e. The third kappa shape index (κ3) is 6.08. The zero-order chi connectivity index (χ0) is 12.8. The molecule has 1 unspecified atom stereocenters. The molecule has 0 spiro atoms. The molecule has 0 aliphatic rings. The predicted octanol–water partition coefficient (Wildman–Crippen LogP) is 1.29. The minimum Gasteiger partial charge on any atom is -0.379 e. The average molecular weight is 230 g/mol. The van der Waals surface area contributed by atoms with Crippen molar-refractivity contribution in [2.24, 2.45) is 11.1 Å². The van der Waals surface area contributed by atoms with E-state index in [0.29, 0.717) is 19.8 Å². The van der Waals surface area contributed by atoms with Crippen LogP contribution in [-0.4, -0.2) is 31.2 Å². The summed E-state index contributed by atoms with van der Waals surface area (Å²) in [4.78, 5) is 11.3. The van der Waals surface area contributed by atoms with Crippen LogP contribution < -0.4 is 11.1 Å². The number of hydrogen-bond donors (Lipinski definition) is 2. The van der Waals surface area contributed by atoms with Crippen molar-refractivity contribution in [1.29, 1.82) is 0 Å². The number of rotatable bonds is 7. The minimum absolute atomic E-state index is 0.251. The fourth-order valence-electron chi connectivity index (χ4n) is 1.25. The molecule has 0 fully saturated rings. The molecule has 0 radical (unpaired) electrons. The highest BCUT2D eigenvalue weighted by Crippen LogP contribution is 2.18. The summed E-state index contributed by atoms with van der Waals surface area (Å²) >= 11 is 0. The highest BCUT2D eigenvalue weighted by molar-refractivity contribution is 5.84. The molecule has 0 bridgehead atoms. The third-order valence-electron chi connectivity index (χ3n) is 2.50. The van der Waals surface area contributed by atoms with Gasteiger partial charge in [0.15, 0.2) is 0 Å². The molecule has 96 valence electrons. The van der Waals surface area contributed by atoms with Crippen LogP contribution in [0.1, 0.15) is 41.0 Å². The van der Waals surface area contributed by atoms with E-state index in [4.69, 9.17) is 10.5 Å². The molecule has 1 amide bonds. The van der Waals surface area contributed by atoms with Gasteiger partial charge >= 0.3 is 0 Å². The van der Waals surface area contributed by atoms with Crippen LogP contribution in [0.25, 0.3) is 0 Å². The second kappa shape index (κ2) is 6.21. The first-order valence-electron chi connectivity index (χ1n) is 5.84. The van der Waals surface area contributed by atoms with Crippen LogP contribution in [0.2, 0.25) is 0 Å². The Balaban J connectivity index is 4.00. The Bertz CT molecular complexity index is 224. The molecule has 0 aliphatic carbocycles. The third-order valence-corrected chi connectivity index (χ3v) is 2.50. The molecule has 0 aliphatic heterocycles. The van der Waals surface area contributed by atoms with Crippen molar-refractivity contribution < 1.29 is 9.53 Å². The predicted molar refractivity (Wildman–Crippen MR) is 66.2 cm³/mol. The molecular weight excluding hydrogens is 204 g/mol. The van der Waals surface area contributed by atoms with E-state index in [2.05, 4.69) is 26.1 Å². The van der Waals surface area contributed by atoms with E-state index in [1.54, 1.807) is 6.92 Å². The van der Waals surface area contributed by atoms with Crippen molar-refractivity contribution in [3.63, 3.8) is 0 Å². The molecule has 4 heteroatoms. The normalized spacial score (nSPS) is 15.8. The summed E-state index contributed by atoms with van der Waals surface area (Å²) in [6.07, 6.45) is 0.966. The molecule has 0 aromatic carbocycles. The van der Waals surface area contributed by atoms with Gasteiger partial charge in [0.05, 0.1) is 6.61 Å². The minimum atomic E-state index is -0.757. The molecule has 0 saturated carbocycles. The first-order valence-corrected chi connectivity index (χ1v) is 5.84. The van der Waals surface area contributed by atoms with Gasteiger partial charge in [-0.15, -0.1) is 0 Å². The molecule has 0 aromatic rings. The Morgan fingerprint density at radius 1 is 1.31 bits per heavy atom. The number of carbonyl (C=O) groups is 1. The highest BCUT2D eigenvalue weighted by atomic mass is 16.5. The van der Waals surface area contributed by atoms with Crippen molar-refractivity contribution in [2.45, 2.75) is 46.6 Å². The second-order valence-corrected chi connectivity index (χ2v) is 5.59. The number of ether oxygens (including phenoxy) is 1. The maximum Gasteiger partial charge on any atom is 0.239 e. The van der Waals surface area contributed by atoms with E-state index in [1.165, 1.54) is 0 Å². The SMILES string of the molecule is CCNC(C)(COCCC(C)(C)C)C(N)=O. The summed E-state index contributed by atoms with van der Waals surface area (Å²) in [6, 6.07) is 0. The molecule has 0 rings (SSSR count). The lowest BCUT2D eigenvalue weighted by Gasteiger charge is -2.27. The van der Waals surface area contributed by atoms with Crippen molar-refractivity contribution in [3.8, 4) is 0 Å². The number of hydrogen-bond acceptors (Lipinski definition) is 3. The first kappa shape index (κ1) is 15.4. The van der Waals surface area contributed by atoms with E-state index >= 15 is 0 Å². The van der Waals surface area contributed by atoms with Gasteiger partial charge in [0, 0.05) is 6.61 Å². The summed E-state index contributed by atoms with van der Waals surface area (Å²) in [5.74, 6) is -0.370. The van der Waals surface area contributed by atoms with Gasteiger partial charge in [-0.3, -0.25) is 4.79 Å². The fourth-order valence-corrected chi connectivity index (χ4v) is 1.25. The van der Waals surface area contributed by atoms with E-state index in [0.717, 1.165) is 6.42 Å². The van der Waals surface area contributed by atoms with Crippen LogP contribution >= 0.6 is 0 Å². The number of likely N-dealkylation sites (N-methyl/N-ethyl adjacent to an activating group) is 1. The van der Waals surface area contributed by atoms with E-state index in [-0.39, 0.29) is 11.3 Å². The Labute approximate surface area is 98.9 Å². The van der Waals surface area contributed by atoms with Crippen molar-refractivity contribution >= 4 is 5.91 Å². The Morgan fingerprint density at radius 2 is 1.88 bits per heavy atom. The lowest BCUT2D eigenvalue weighted by Crippen LogP contribution is -2.56. The second-order valence-electron chi connectivity index (χ2n) is 5.59. The Hall–Kier alpha value is -0.610.